The summed E-state index contributed by atoms with van der Waals surface area (Å²) in [5, 5.41) is 8.25. The van der Waals surface area contributed by atoms with Crippen molar-refractivity contribution in [2.24, 2.45) is 0 Å². The molecule has 3 fully saturated rings. The zero-order valence-corrected chi connectivity index (χ0v) is 32.4. The van der Waals surface area contributed by atoms with Crippen molar-refractivity contribution in [3.05, 3.63) is 71.8 Å². The van der Waals surface area contributed by atoms with E-state index in [1.807, 2.05) is 60.7 Å². The van der Waals surface area contributed by atoms with Crippen molar-refractivity contribution in [1.82, 2.24) is 0 Å². The number of rotatable bonds is 21. The van der Waals surface area contributed by atoms with Gasteiger partial charge < -0.3 is 33.3 Å². The van der Waals surface area contributed by atoms with Gasteiger partial charge in [0.2, 0.25) is 11.9 Å². The van der Waals surface area contributed by atoms with E-state index in [2.05, 4.69) is 6.92 Å². The lowest BCUT2D eigenvalue weighted by molar-refractivity contribution is -0.956. The Morgan fingerprint density at radius 2 is 1.23 bits per heavy atom. The van der Waals surface area contributed by atoms with Crippen LogP contribution < -0.4 is 5.11 Å². The van der Waals surface area contributed by atoms with Crippen LogP contribution in [0.1, 0.15) is 147 Å². The van der Waals surface area contributed by atoms with Crippen molar-refractivity contribution in [2.45, 2.75) is 166 Å². The Morgan fingerprint density at radius 1 is 0.774 bits per heavy atom. The molecule has 294 valence electrons. The van der Waals surface area contributed by atoms with Crippen molar-refractivity contribution in [3.63, 3.8) is 0 Å². The van der Waals surface area contributed by atoms with E-state index in [-0.39, 0.29) is 6.10 Å². The van der Waals surface area contributed by atoms with E-state index >= 15 is 0 Å². The molecule has 3 atom stereocenters. The lowest BCUT2D eigenvalue weighted by Gasteiger charge is -2.47. The second kappa shape index (κ2) is 22.7. The standard InChI is InChI=1S/C43H64NO6.CH2O2/c1-3-4-5-6-7-8-9-10-11-12-13-14-23-32-47-42(46)48-35(2)50-43(36-24-17-15-18-25-36,37-26-19-16-20-27-37)41(45)49-40-33-38-28-29-39(34-40)44(38)30-21-22-31-44;2-1-3/h15-20,24-27,35,38-40H,3-14,21-23,28-34H2,1-2H3;1H,(H,2,3)/q+1;/p-1. The second-order valence-electron chi connectivity index (χ2n) is 15.3. The molecule has 2 aromatic carbocycles. The van der Waals surface area contributed by atoms with Gasteiger partial charge in [0.25, 0.3) is 0 Å². The summed E-state index contributed by atoms with van der Waals surface area (Å²) in [6.07, 6.45) is 21.1. The topological polar surface area (TPSA) is 111 Å². The number of quaternary nitrogens is 1. The molecule has 0 N–H and O–H groups in total. The fourth-order valence-corrected chi connectivity index (χ4v) is 9.19. The van der Waals surface area contributed by atoms with Gasteiger partial charge >= 0.3 is 12.1 Å². The summed E-state index contributed by atoms with van der Waals surface area (Å²) in [5.74, 6) is -0.468. The smallest absolute Gasteiger partial charge is 0.510 e. The van der Waals surface area contributed by atoms with Gasteiger partial charge in [-0.25, -0.2) is 9.59 Å². The van der Waals surface area contributed by atoms with Crippen molar-refractivity contribution >= 4 is 18.6 Å². The lowest BCUT2D eigenvalue weighted by atomic mass is 9.85. The number of nitrogens with zero attached hydrogens (tertiary/aromatic N) is 1. The molecule has 0 radical (unpaired) electrons. The van der Waals surface area contributed by atoms with E-state index in [1.54, 1.807) is 6.92 Å². The molecule has 0 saturated carbocycles. The Kier molecular flexibility index (Phi) is 18.1. The molecular weight excluding hydrogens is 670 g/mol. The van der Waals surface area contributed by atoms with Gasteiger partial charge in [0.15, 0.2) is 0 Å². The summed E-state index contributed by atoms with van der Waals surface area (Å²) in [6.45, 7) is 6.24. The molecule has 3 aliphatic heterocycles. The van der Waals surface area contributed by atoms with Gasteiger partial charge in [0.05, 0.1) is 31.8 Å². The van der Waals surface area contributed by atoms with E-state index in [1.165, 1.54) is 107 Å². The van der Waals surface area contributed by atoms with Crippen molar-refractivity contribution in [1.29, 1.82) is 0 Å². The predicted molar refractivity (Wildman–Crippen MR) is 204 cm³/mol. The molecule has 9 heteroatoms. The number of carbonyl (C=O) groups is 3. The number of unbranched alkanes of at least 4 members (excludes halogenated alkanes) is 12. The molecule has 3 unspecified atom stereocenters. The normalized spacial score (nSPS) is 20.6. The van der Waals surface area contributed by atoms with E-state index in [4.69, 9.17) is 28.8 Å². The molecule has 0 amide bonds. The summed E-state index contributed by atoms with van der Waals surface area (Å²) in [7, 11) is 0. The maximum atomic E-state index is 14.6. The first-order valence-electron chi connectivity index (χ1n) is 20.6. The van der Waals surface area contributed by atoms with Crippen LogP contribution in [0.15, 0.2) is 60.7 Å². The summed E-state index contributed by atoms with van der Waals surface area (Å²) in [6, 6.07) is 20.0. The largest absolute Gasteiger partial charge is 0.554 e. The molecule has 3 heterocycles. The Labute approximate surface area is 318 Å². The summed E-state index contributed by atoms with van der Waals surface area (Å²) in [5.41, 5.74) is -0.351. The summed E-state index contributed by atoms with van der Waals surface area (Å²) < 4.78 is 25.3. The van der Waals surface area contributed by atoms with Gasteiger partial charge in [-0.1, -0.05) is 145 Å². The number of benzene rings is 2. The van der Waals surface area contributed by atoms with Crippen LogP contribution in [-0.4, -0.2) is 67.3 Å². The molecule has 3 saturated heterocycles. The highest BCUT2D eigenvalue weighted by atomic mass is 16.8. The monoisotopic (exact) mass is 735 g/mol. The minimum absolute atomic E-state index is 0.166. The van der Waals surface area contributed by atoms with E-state index < -0.39 is 30.5 Å². The first-order chi connectivity index (χ1) is 25.9. The maximum absolute atomic E-state index is 14.6. The molecule has 1 spiro atoms. The molecule has 53 heavy (non-hydrogen) atoms. The van der Waals surface area contributed by atoms with Gasteiger partial charge in [-0.2, -0.15) is 0 Å². The molecule has 0 aliphatic carbocycles. The fraction of sp³-hybridized carbons (Fsp3) is 0.659. The van der Waals surface area contributed by atoms with Crippen LogP contribution in [0.3, 0.4) is 0 Å². The first-order valence-corrected chi connectivity index (χ1v) is 20.6. The highest BCUT2D eigenvalue weighted by Crippen LogP contribution is 2.47. The summed E-state index contributed by atoms with van der Waals surface area (Å²) in [4.78, 5) is 35.6. The fourth-order valence-electron chi connectivity index (χ4n) is 9.19. The van der Waals surface area contributed by atoms with Gasteiger partial charge in [0.1, 0.15) is 6.10 Å². The van der Waals surface area contributed by atoms with Gasteiger partial charge in [0, 0.05) is 45.0 Å². The molecule has 2 aromatic rings. The molecule has 9 nitrogen and oxygen atoms in total. The third-order valence-electron chi connectivity index (χ3n) is 11.8. The average Bonchev–Trinajstić information content (AvgIpc) is 3.71. The van der Waals surface area contributed by atoms with Crippen LogP contribution in [0.4, 0.5) is 4.79 Å². The highest BCUT2D eigenvalue weighted by molar-refractivity contribution is 5.86. The molecule has 2 bridgehead atoms. The van der Waals surface area contributed by atoms with Crippen molar-refractivity contribution in [3.8, 4) is 0 Å². The number of carbonyl (C=O) groups excluding carboxylic acids is 3. The highest BCUT2D eigenvalue weighted by Gasteiger charge is 2.57. The number of hydrogen-bond donors (Lipinski definition) is 0. The van der Waals surface area contributed by atoms with Crippen LogP contribution in [0, 0.1) is 0 Å². The predicted octanol–water partition coefficient (Wildman–Crippen LogP) is 8.75. The number of esters is 1. The molecule has 3 aliphatic rings. The van der Waals surface area contributed by atoms with Gasteiger partial charge in [-0.05, 0) is 24.5 Å². The van der Waals surface area contributed by atoms with Crippen LogP contribution in [-0.2, 0) is 34.1 Å². The van der Waals surface area contributed by atoms with Crippen LogP contribution in [0.5, 0.6) is 0 Å². The number of carboxylic acid groups (broad SMARTS) is 1. The molecular formula is C44H65NO8. The van der Waals surface area contributed by atoms with Crippen LogP contribution in [0.25, 0.3) is 0 Å². The minimum atomic E-state index is -1.62. The second-order valence-corrected chi connectivity index (χ2v) is 15.3. The number of piperidine rings is 1. The van der Waals surface area contributed by atoms with Crippen molar-refractivity contribution < 1.29 is 42.9 Å². The van der Waals surface area contributed by atoms with Gasteiger partial charge in [-0.15, -0.1) is 0 Å². The van der Waals surface area contributed by atoms with Crippen LogP contribution in [0.2, 0.25) is 0 Å². The van der Waals surface area contributed by atoms with E-state index in [0.717, 1.165) is 32.1 Å². The average molecular weight is 736 g/mol. The quantitative estimate of drug-likeness (QED) is 0.0412. The molecule has 0 aromatic heterocycles. The number of ether oxygens (including phenoxy) is 4. The number of hydrogen-bond acceptors (Lipinski definition) is 8. The third-order valence-corrected chi connectivity index (χ3v) is 11.8. The Bertz CT molecular complexity index is 1280. The van der Waals surface area contributed by atoms with E-state index in [9.17, 15) is 9.59 Å². The first kappa shape index (κ1) is 42.3. The van der Waals surface area contributed by atoms with Crippen molar-refractivity contribution in [2.75, 3.05) is 19.7 Å². The van der Waals surface area contributed by atoms with Crippen LogP contribution >= 0.6 is 0 Å². The Balaban J connectivity index is 0.00000202. The van der Waals surface area contributed by atoms with E-state index in [0.29, 0.717) is 29.8 Å². The maximum Gasteiger partial charge on any atom is 0.510 e. The SMILES string of the molecule is CCCCCCCCCCCCCCCOC(=O)OC(C)OC(C(=O)OC1CC2CCC(C1)[N+]21CCCC1)(c1ccccc1)c1ccccc1.O=C[O-]. The zero-order chi connectivity index (χ0) is 37.8. The zero-order valence-electron chi connectivity index (χ0n) is 32.4. The third kappa shape index (κ3) is 12.0. The summed E-state index contributed by atoms with van der Waals surface area (Å²) >= 11 is 0. The molecule has 5 rings (SSSR count). The Morgan fingerprint density at radius 3 is 1.70 bits per heavy atom. The lowest BCUT2D eigenvalue weighted by Crippen LogP contribution is -2.60. The minimum Gasteiger partial charge on any atom is -0.554 e. The Hall–Kier alpha value is -3.43. The van der Waals surface area contributed by atoms with Gasteiger partial charge in [-0.3, -0.25) is 0 Å².